The quantitative estimate of drug-likeness (QED) is 0.822. The standard InChI is InChI=1S/C14H20N2O3/c1-3-16(2)14(19)15-12(13(17)18)10-9-11-7-5-4-6-8-11/h4-8,12H,3,9-10H2,1-2H3,(H,15,19)(H,17,18)/t12-/m0/s1. The van der Waals surface area contributed by atoms with Crippen molar-refractivity contribution >= 4 is 12.0 Å². The molecule has 19 heavy (non-hydrogen) atoms. The normalized spacial score (nSPS) is 11.7. The fraction of sp³-hybridized carbons (Fsp3) is 0.429. The van der Waals surface area contributed by atoms with Crippen LogP contribution in [0.15, 0.2) is 30.3 Å². The lowest BCUT2D eigenvalue weighted by atomic mass is 10.1. The number of carbonyl (C=O) groups excluding carboxylic acids is 1. The number of carboxylic acid groups (broad SMARTS) is 1. The van der Waals surface area contributed by atoms with Crippen LogP contribution in [-0.2, 0) is 11.2 Å². The average molecular weight is 264 g/mol. The summed E-state index contributed by atoms with van der Waals surface area (Å²) in [6, 6.07) is 8.40. The molecule has 2 amide bonds. The van der Waals surface area contributed by atoms with Crippen molar-refractivity contribution in [1.29, 1.82) is 0 Å². The number of aryl methyl sites for hydroxylation is 1. The summed E-state index contributed by atoms with van der Waals surface area (Å²) >= 11 is 0. The van der Waals surface area contributed by atoms with Gasteiger partial charge in [0.05, 0.1) is 0 Å². The third-order valence-corrected chi connectivity index (χ3v) is 2.98. The molecule has 0 saturated carbocycles. The van der Waals surface area contributed by atoms with Crippen molar-refractivity contribution in [1.82, 2.24) is 10.2 Å². The number of rotatable bonds is 6. The zero-order valence-electron chi connectivity index (χ0n) is 11.3. The highest BCUT2D eigenvalue weighted by atomic mass is 16.4. The van der Waals surface area contributed by atoms with Crippen LogP contribution in [0.2, 0.25) is 0 Å². The number of nitrogens with one attached hydrogen (secondary N) is 1. The highest BCUT2D eigenvalue weighted by molar-refractivity contribution is 5.82. The van der Waals surface area contributed by atoms with Gasteiger partial charge in [0.15, 0.2) is 0 Å². The van der Waals surface area contributed by atoms with E-state index in [4.69, 9.17) is 5.11 Å². The number of hydrogen-bond donors (Lipinski definition) is 2. The lowest BCUT2D eigenvalue weighted by Crippen LogP contribution is -2.46. The SMILES string of the molecule is CCN(C)C(=O)N[C@@H](CCc1ccccc1)C(=O)O. The molecule has 0 bridgehead atoms. The fourth-order valence-electron chi connectivity index (χ4n) is 1.62. The Kier molecular flexibility index (Phi) is 5.85. The number of carbonyl (C=O) groups is 2. The first-order chi connectivity index (χ1) is 9.04. The van der Waals surface area contributed by atoms with Crippen molar-refractivity contribution in [2.24, 2.45) is 0 Å². The topological polar surface area (TPSA) is 69.6 Å². The van der Waals surface area contributed by atoms with E-state index in [2.05, 4.69) is 5.32 Å². The third-order valence-electron chi connectivity index (χ3n) is 2.98. The Morgan fingerprint density at radius 2 is 1.95 bits per heavy atom. The molecule has 1 atom stereocenters. The summed E-state index contributed by atoms with van der Waals surface area (Å²) in [4.78, 5) is 24.2. The van der Waals surface area contributed by atoms with Crippen LogP contribution in [0.1, 0.15) is 18.9 Å². The number of hydrogen-bond acceptors (Lipinski definition) is 2. The summed E-state index contributed by atoms with van der Waals surface area (Å²) in [6.45, 7) is 2.37. The van der Waals surface area contributed by atoms with Crippen LogP contribution in [-0.4, -0.2) is 41.6 Å². The molecule has 5 heteroatoms. The molecule has 0 heterocycles. The van der Waals surface area contributed by atoms with Gasteiger partial charge in [-0.1, -0.05) is 30.3 Å². The first-order valence-corrected chi connectivity index (χ1v) is 6.33. The molecular weight excluding hydrogens is 244 g/mol. The summed E-state index contributed by atoms with van der Waals surface area (Å²) in [5.74, 6) is -1.01. The molecule has 0 unspecified atom stereocenters. The summed E-state index contributed by atoms with van der Waals surface area (Å²) in [7, 11) is 1.63. The molecule has 0 radical (unpaired) electrons. The zero-order valence-corrected chi connectivity index (χ0v) is 11.3. The molecule has 0 aromatic heterocycles. The van der Waals surface area contributed by atoms with E-state index in [1.165, 1.54) is 4.90 Å². The van der Waals surface area contributed by atoms with Crippen molar-refractivity contribution in [3.63, 3.8) is 0 Å². The van der Waals surface area contributed by atoms with Crippen LogP contribution in [0, 0.1) is 0 Å². The van der Waals surface area contributed by atoms with Gasteiger partial charge in [-0.2, -0.15) is 0 Å². The molecule has 0 aliphatic rings. The molecule has 1 aromatic rings. The van der Waals surface area contributed by atoms with Gasteiger partial charge < -0.3 is 15.3 Å². The van der Waals surface area contributed by atoms with Crippen LogP contribution < -0.4 is 5.32 Å². The van der Waals surface area contributed by atoms with Crippen LogP contribution in [0.25, 0.3) is 0 Å². The molecule has 0 fully saturated rings. The minimum atomic E-state index is -1.01. The van der Waals surface area contributed by atoms with Gasteiger partial charge in [0.25, 0.3) is 0 Å². The molecule has 0 saturated heterocycles. The van der Waals surface area contributed by atoms with Gasteiger partial charge in [-0.05, 0) is 25.3 Å². The zero-order chi connectivity index (χ0) is 14.3. The Morgan fingerprint density at radius 1 is 1.32 bits per heavy atom. The van der Waals surface area contributed by atoms with Gasteiger partial charge in [0, 0.05) is 13.6 Å². The molecule has 104 valence electrons. The maximum atomic E-state index is 11.7. The second kappa shape index (κ2) is 7.41. The average Bonchev–Trinajstić information content (AvgIpc) is 2.42. The highest BCUT2D eigenvalue weighted by Crippen LogP contribution is 2.05. The Hall–Kier alpha value is -2.04. The number of amides is 2. The number of nitrogens with zero attached hydrogens (tertiary/aromatic N) is 1. The van der Waals surface area contributed by atoms with Crippen LogP contribution >= 0.6 is 0 Å². The molecular formula is C14H20N2O3. The Balaban J connectivity index is 2.54. The molecule has 2 N–H and O–H groups in total. The Labute approximate surface area is 113 Å². The first kappa shape index (κ1) is 15.0. The number of aliphatic carboxylic acids is 1. The van der Waals surface area contributed by atoms with E-state index in [0.717, 1.165) is 5.56 Å². The van der Waals surface area contributed by atoms with Crippen molar-refractivity contribution in [2.75, 3.05) is 13.6 Å². The molecule has 0 aliphatic carbocycles. The van der Waals surface area contributed by atoms with Crippen molar-refractivity contribution < 1.29 is 14.7 Å². The summed E-state index contributed by atoms with van der Waals surface area (Å²) in [5, 5.41) is 11.6. The van der Waals surface area contributed by atoms with E-state index in [0.29, 0.717) is 19.4 Å². The maximum Gasteiger partial charge on any atom is 0.326 e. The van der Waals surface area contributed by atoms with E-state index in [1.807, 2.05) is 37.3 Å². The van der Waals surface area contributed by atoms with Gasteiger partial charge in [-0.15, -0.1) is 0 Å². The lowest BCUT2D eigenvalue weighted by Gasteiger charge is -2.20. The smallest absolute Gasteiger partial charge is 0.326 e. The van der Waals surface area contributed by atoms with Crippen molar-refractivity contribution in [2.45, 2.75) is 25.8 Å². The molecule has 5 nitrogen and oxygen atoms in total. The Morgan fingerprint density at radius 3 is 2.47 bits per heavy atom. The monoisotopic (exact) mass is 264 g/mol. The van der Waals surface area contributed by atoms with Gasteiger partial charge in [-0.3, -0.25) is 0 Å². The van der Waals surface area contributed by atoms with Crippen molar-refractivity contribution in [3.8, 4) is 0 Å². The molecule has 1 aromatic carbocycles. The van der Waals surface area contributed by atoms with Gasteiger partial charge in [0.2, 0.25) is 0 Å². The summed E-state index contributed by atoms with van der Waals surface area (Å²) in [6.07, 6.45) is 0.997. The maximum absolute atomic E-state index is 11.7. The van der Waals surface area contributed by atoms with Crippen LogP contribution in [0.5, 0.6) is 0 Å². The molecule has 1 rings (SSSR count). The predicted molar refractivity (Wildman–Crippen MR) is 73.0 cm³/mol. The van der Waals surface area contributed by atoms with E-state index < -0.39 is 12.0 Å². The number of carboxylic acids is 1. The van der Waals surface area contributed by atoms with Gasteiger partial charge in [-0.25, -0.2) is 9.59 Å². The van der Waals surface area contributed by atoms with Crippen molar-refractivity contribution in [3.05, 3.63) is 35.9 Å². The fourth-order valence-corrected chi connectivity index (χ4v) is 1.62. The van der Waals surface area contributed by atoms with Gasteiger partial charge in [0.1, 0.15) is 6.04 Å². The van der Waals surface area contributed by atoms with Crippen LogP contribution in [0.4, 0.5) is 4.79 Å². The second-order valence-corrected chi connectivity index (χ2v) is 4.38. The first-order valence-electron chi connectivity index (χ1n) is 6.33. The largest absolute Gasteiger partial charge is 0.480 e. The van der Waals surface area contributed by atoms with Crippen LogP contribution in [0.3, 0.4) is 0 Å². The number of urea groups is 1. The van der Waals surface area contributed by atoms with E-state index in [9.17, 15) is 9.59 Å². The minimum Gasteiger partial charge on any atom is -0.480 e. The second-order valence-electron chi connectivity index (χ2n) is 4.38. The number of benzene rings is 1. The summed E-state index contributed by atoms with van der Waals surface area (Å²) < 4.78 is 0. The molecule has 0 spiro atoms. The predicted octanol–water partition coefficient (Wildman–Crippen LogP) is 1.73. The van der Waals surface area contributed by atoms with E-state index in [1.54, 1.807) is 7.05 Å². The third kappa shape index (κ3) is 4.99. The Bertz CT molecular complexity index is 420. The van der Waals surface area contributed by atoms with E-state index >= 15 is 0 Å². The lowest BCUT2D eigenvalue weighted by molar-refractivity contribution is -0.139. The molecule has 0 aliphatic heterocycles. The van der Waals surface area contributed by atoms with Gasteiger partial charge >= 0.3 is 12.0 Å². The minimum absolute atomic E-state index is 0.358. The van der Waals surface area contributed by atoms with E-state index in [-0.39, 0.29) is 6.03 Å². The highest BCUT2D eigenvalue weighted by Gasteiger charge is 2.20. The summed E-state index contributed by atoms with van der Waals surface area (Å²) in [5.41, 5.74) is 1.06.